The highest BCUT2D eigenvalue weighted by molar-refractivity contribution is 6.28. The van der Waals surface area contributed by atoms with E-state index in [-0.39, 0.29) is 5.28 Å². The summed E-state index contributed by atoms with van der Waals surface area (Å²) in [5.74, 6) is 1.14. The maximum absolute atomic E-state index is 6.16. The minimum absolute atomic E-state index is 0.189. The number of halogens is 1. The lowest BCUT2D eigenvalue weighted by Crippen LogP contribution is -2.00. The summed E-state index contributed by atoms with van der Waals surface area (Å²) in [6, 6.07) is 14.0. The Morgan fingerprint density at radius 3 is 2.58 bits per heavy atom. The molecule has 0 saturated heterocycles. The number of rotatable bonds is 2. The summed E-state index contributed by atoms with van der Waals surface area (Å²) in [7, 11) is 0. The van der Waals surface area contributed by atoms with Gasteiger partial charge in [-0.25, -0.2) is 4.98 Å². The number of benzene rings is 2. The first-order valence-electron chi connectivity index (χ1n) is 8.48. The van der Waals surface area contributed by atoms with Gasteiger partial charge in [-0.1, -0.05) is 42.5 Å². The zero-order chi connectivity index (χ0) is 17.5. The molecule has 2 heterocycles. The van der Waals surface area contributed by atoms with Gasteiger partial charge in [0.05, 0.1) is 0 Å². The molecule has 0 amide bonds. The highest BCUT2D eigenvalue weighted by Gasteiger charge is 2.13. The first kappa shape index (κ1) is 15.3. The van der Waals surface area contributed by atoms with Crippen molar-refractivity contribution in [3.8, 4) is 11.4 Å². The van der Waals surface area contributed by atoms with E-state index >= 15 is 0 Å². The van der Waals surface area contributed by atoms with Crippen LogP contribution < -0.4 is 0 Å². The van der Waals surface area contributed by atoms with E-state index in [1.807, 2.05) is 42.5 Å². The largest absolute Gasteiger partial charge is 0.456 e. The van der Waals surface area contributed by atoms with Gasteiger partial charge in [-0.3, -0.25) is 0 Å². The molecule has 1 aliphatic carbocycles. The summed E-state index contributed by atoms with van der Waals surface area (Å²) in [4.78, 5) is 13.2. The van der Waals surface area contributed by atoms with Gasteiger partial charge in [-0.05, 0) is 42.6 Å². The number of aromatic nitrogens is 3. The molecular formula is C21H14ClN3O. The van der Waals surface area contributed by atoms with E-state index in [4.69, 9.17) is 16.0 Å². The monoisotopic (exact) mass is 359 g/mol. The van der Waals surface area contributed by atoms with Crippen LogP contribution in [0, 0.1) is 0 Å². The van der Waals surface area contributed by atoms with E-state index in [1.54, 1.807) is 0 Å². The summed E-state index contributed by atoms with van der Waals surface area (Å²) in [6.45, 7) is 0. The zero-order valence-corrected chi connectivity index (χ0v) is 14.6. The van der Waals surface area contributed by atoms with Gasteiger partial charge in [0.1, 0.15) is 11.2 Å². The van der Waals surface area contributed by atoms with E-state index in [2.05, 4.69) is 33.2 Å². The summed E-state index contributed by atoms with van der Waals surface area (Å²) in [6.07, 6.45) is 8.29. The molecule has 0 aliphatic heterocycles. The van der Waals surface area contributed by atoms with Crippen LogP contribution in [0.15, 0.2) is 65.1 Å². The van der Waals surface area contributed by atoms with Crippen LogP contribution in [0.25, 0.3) is 38.9 Å². The SMILES string of the molecule is Clc1nc(C2=CCCC=C2)nc(-c2ccc3c(c2)oc2ccccc23)n1. The minimum atomic E-state index is 0.189. The number of hydrogen-bond acceptors (Lipinski definition) is 4. The standard InChI is InChI=1S/C21H14ClN3O/c22-21-24-19(13-6-2-1-3-7-13)23-20(25-21)14-10-11-16-15-8-4-5-9-17(15)26-18(16)12-14/h2,4-12H,1,3H2. The van der Waals surface area contributed by atoms with Crippen molar-refractivity contribution < 1.29 is 4.42 Å². The van der Waals surface area contributed by atoms with Gasteiger partial charge in [0.15, 0.2) is 11.6 Å². The van der Waals surface area contributed by atoms with Crippen molar-refractivity contribution in [3.05, 3.63) is 71.8 Å². The molecular weight excluding hydrogens is 346 g/mol. The zero-order valence-electron chi connectivity index (χ0n) is 13.8. The lowest BCUT2D eigenvalue weighted by Gasteiger charge is -2.08. The molecule has 0 N–H and O–H groups in total. The molecule has 0 bridgehead atoms. The highest BCUT2D eigenvalue weighted by Crippen LogP contribution is 2.31. The molecule has 5 heteroatoms. The Kier molecular flexibility index (Phi) is 3.57. The van der Waals surface area contributed by atoms with Crippen LogP contribution in [-0.4, -0.2) is 15.0 Å². The topological polar surface area (TPSA) is 51.8 Å². The van der Waals surface area contributed by atoms with Crippen LogP contribution >= 0.6 is 11.6 Å². The molecule has 5 rings (SSSR count). The number of para-hydroxylation sites is 1. The molecule has 4 aromatic rings. The second-order valence-electron chi connectivity index (χ2n) is 6.20. The van der Waals surface area contributed by atoms with Crippen molar-refractivity contribution in [2.24, 2.45) is 0 Å². The van der Waals surface area contributed by atoms with E-state index in [0.717, 1.165) is 45.9 Å². The van der Waals surface area contributed by atoms with Crippen molar-refractivity contribution >= 4 is 39.1 Å². The van der Waals surface area contributed by atoms with Gasteiger partial charge < -0.3 is 4.42 Å². The average Bonchev–Trinajstić information content (AvgIpc) is 3.06. The van der Waals surface area contributed by atoms with Crippen molar-refractivity contribution in [2.75, 3.05) is 0 Å². The second-order valence-corrected chi connectivity index (χ2v) is 6.54. The van der Waals surface area contributed by atoms with Crippen LogP contribution in [0.1, 0.15) is 18.7 Å². The molecule has 0 unspecified atom stereocenters. The van der Waals surface area contributed by atoms with E-state index in [9.17, 15) is 0 Å². The van der Waals surface area contributed by atoms with E-state index in [1.165, 1.54) is 0 Å². The Morgan fingerprint density at radius 2 is 1.69 bits per heavy atom. The number of furan rings is 1. The molecule has 126 valence electrons. The second kappa shape index (κ2) is 6.07. The predicted octanol–water partition coefficient (Wildman–Crippen LogP) is 5.82. The van der Waals surface area contributed by atoms with Crippen LogP contribution in [0.4, 0.5) is 0 Å². The van der Waals surface area contributed by atoms with Gasteiger partial charge in [-0.15, -0.1) is 0 Å². The maximum Gasteiger partial charge on any atom is 0.226 e. The molecule has 0 atom stereocenters. The number of fused-ring (bicyclic) bond motifs is 3. The van der Waals surface area contributed by atoms with E-state index < -0.39 is 0 Å². The highest BCUT2D eigenvalue weighted by atomic mass is 35.5. The molecule has 2 aromatic heterocycles. The maximum atomic E-state index is 6.16. The van der Waals surface area contributed by atoms with Gasteiger partial charge >= 0.3 is 0 Å². The third-order valence-corrected chi connectivity index (χ3v) is 4.67. The smallest absolute Gasteiger partial charge is 0.226 e. The summed E-state index contributed by atoms with van der Waals surface area (Å²) >= 11 is 6.16. The third-order valence-electron chi connectivity index (χ3n) is 4.50. The number of nitrogens with zero attached hydrogens (tertiary/aromatic N) is 3. The normalized spacial score (nSPS) is 14.1. The summed E-state index contributed by atoms with van der Waals surface area (Å²) < 4.78 is 5.96. The number of allylic oxidation sites excluding steroid dienone is 4. The van der Waals surface area contributed by atoms with Crippen LogP contribution in [0.5, 0.6) is 0 Å². The molecule has 2 aromatic carbocycles. The fourth-order valence-corrected chi connectivity index (χ4v) is 3.41. The molecule has 0 fully saturated rings. The van der Waals surface area contributed by atoms with Crippen molar-refractivity contribution in [1.82, 2.24) is 15.0 Å². The van der Waals surface area contributed by atoms with Gasteiger partial charge in [0.25, 0.3) is 0 Å². The van der Waals surface area contributed by atoms with Crippen LogP contribution in [0.2, 0.25) is 5.28 Å². The van der Waals surface area contributed by atoms with Crippen LogP contribution in [-0.2, 0) is 0 Å². The fourth-order valence-electron chi connectivity index (χ4n) is 3.25. The Bertz CT molecular complexity index is 1210. The Balaban J connectivity index is 1.65. The van der Waals surface area contributed by atoms with Crippen molar-refractivity contribution in [1.29, 1.82) is 0 Å². The third kappa shape index (κ3) is 2.59. The first-order chi connectivity index (χ1) is 12.8. The van der Waals surface area contributed by atoms with Crippen molar-refractivity contribution in [3.63, 3.8) is 0 Å². The quantitative estimate of drug-likeness (QED) is 0.452. The molecule has 0 radical (unpaired) electrons. The van der Waals surface area contributed by atoms with Gasteiger partial charge in [0, 0.05) is 21.9 Å². The Labute approximate surface area is 154 Å². The minimum Gasteiger partial charge on any atom is -0.456 e. The Hall–Kier alpha value is -2.98. The van der Waals surface area contributed by atoms with E-state index in [0.29, 0.717) is 11.6 Å². The molecule has 0 saturated carbocycles. The first-order valence-corrected chi connectivity index (χ1v) is 8.86. The molecule has 1 aliphatic rings. The van der Waals surface area contributed by atoms with Gasteiger partial charge in [0.2, 0.25) is 5.28 Å². The predicted molar refractivity (Wildman–Crippen MR) is 104 cm³/mol. The van der Waals surface area contributed by atoms with Crippen LogP contribution in [0.3, 0.4) is 0 Å². The lowest BCUT2D eigenvalue weighted by molar-refractivity contribution is 0.669. The van der Waals surface area contributed by atoms with Crippen molar-refractivity contribution in [2.45, 2.75) is 12.8 Å². The average molecular weight is 360 g/mol. The molecule has 26 heavy (non-hydrogen) atoms. The fraction of sp³-hybridized carbons (Fsp3) is 0.0952. The molecule has 4 nitrogen and oxygen atoms in total. The summed E-state index contributed by atoms with van der Waals surface area (Å²) in [5, 5.41) is 2.36. The Morgan fingerprint density at radius 1 is 0.846 bits per heavy atom. The summed E-state index contributed by atoms with van der Waals surface area (Å²) in [5.41, 5.74) is 3.50. The lowest BCUT2D eigenvalue weighted by atomic mass is 10.1. The van der Waals surface area contributed by atoms with Gasteiger partial charge in [-0.2, -0.15) is 9.97 Å². The molecule has 0 spiro atoms. The number of hydrogen-bond donors (Lipinski definition) is 0.